The Kier molecular flexibility index (Phi) is 5.55. The average Bonchev–Trinajstić information content (AvgIpc) is 3.52. The highest BCUT2D eigenvalue weighted by atomic mass is 16.5. The Hall–Kier alpha value is -4.46. The Balaban J connectivity index is 1.50. The van der Waals surface area contributed by atoms with Crippen molar-refractivity contribution in [2.75, 3.05) is 24.9 Å². The predicted molar refractivity (Wildman–Crippen MR) is 131 cm³/mol. The van der Waals surface area contributed by atoms with Crippen molar-refractivity contribution in [2.24, 2.45) is 0 Å². The molecule has 1 aliphatic carbocycles. The standard InChI is InChI=1S/C26H24N4O4/c1-33-25(31)19-13-24(30-18-4-6-22-16(12-18)8-10-28-22)20(26(32)34-2)14-23(19)29-17-3-5-21-15(11-17)7-9-27-21/h3-12,27-30H,13-14H2,1-2H3. The van der Waals surface area contributed by atoms with Gasteiger partial charge >= 0.3 is 11.9 Å². The number of anilines is 2. The topological polar surface area (TPSA) is 108 Å². The fourth-order valence-electron chi connectivity index (χ4n) is 4.27. The zero-order chi connectivity index (χ0) is 23.7. The summed E-state index contributed by atoms with van der Waals surface area (Å²) in [6.07, 6.45) is 4.12. The van der Waals surface area contributed by atoms with Gasteiger partial charge in [0.15, 0.2) is 0 Å². The van der Waals surface area contributed by atoms with Crippen LogP contribution in [0.15, 0.2) is 83.5 Å². The minimum absolute atomic E-state index is 0.191. The van der Waals surface area contributed by atoms with Crippen LogP contribution in [0.2, 0.25) is 0 Å². The Morgan fingerprint density at radius 1 is 0.706 bits per heavy atom. The molecule has 0 unspecified atom stereocenters. The summed E-state index contributed by atoms with van der Waals surface area (Å²) in [6.45, 7) is 0. The van der Waals surface area contributed by atoms with Crippen molar-refractivity contribution >= 4 is 45.1 Å². The van der Waals surface area contributed by atoms with Crippen LogP contribution >= 0.6 is 0 Å². The molecule has 0 amide bonds. The van der Waals surface area contributed by atoms with E-state index in [2.05, 4.69) is 20.6 Å². The van der Waals surface area contributed by atoms with Gasteiger partial charge in [0.1, 0.15) is 0 Å². The molecule has 2 heterocycles. The lowest BCUT2D eigenvalue weighted by Gasteiger charge is -2.25. The summed E-state index contributed by atoms with van der Waals surface area (Å²) < 4.78 is 10.1. The number of allylic oxidation sites excluding steroid dienone is 2. The third-order valence-electron chi connectivity index (χ3n) is 6.00. The number of carbonyl (C=O) groups excluding carboxylic acids is 2. The molecule has 4 aromatic rings. The predicted octanol–water partition coefficient (Wildman–Crippen LogP) is 4.82. The second kappa shape index (κ2) is 8.82. The number of aromatic amines is 2. The monoisotopic (exact) mass is 456 g/mol. The maximum Gasteiger partial charge on any atom is 0.335 e. The van der Waals surface area contributed by atoms with E-state index in [1.807, 2.05) is 60.9 Å². The molecule has 4 N–H and O–H groups in total. The average molecular weight is 457 g/mol. The molecular weight excluding hydrogens is 432 g/mol. The van der Waals surface area contributed by atoms with E-state index in [4.69, 9.17) is 9.47 Å². The number of esters is 2. The summed E-state index contributed by atoms with van der Waals surface area (Å²) >= 11 is 0. The lowest BCUT2D eigenvalue weighted by Crippen LogP contribution is -2.24. The molecule has 2 aromatic carbocycles. The van der Waals surface area contributed by atoms with E-state index in [9.17, 15) is 9.59 Å². The van der Waals surface area contributed by atoms with Crippen molar-refractivity contribution < 1.29 is 19.1 Å². The summed E-state index contributed by atoms with van der Waals surface area (Å²) in [4.78, 5) is 31.8. The molecule has 0 aliphatic heterocycles. The van der Waals surface area contributed by atoms with Crippen LogP contribution in [0.5, 0.6) is 0 Å². The van der Waals surface area contributed by atoms with Crippen molar-refractivity contribution in [3.05, 3.63) is 83.5 Å². The first kappa shape index (κ1) is 21.4. The number of rotatable bonds is 6. The van der Waals surface area contributed by atoms with Gasteiger partial charge < -0.3 is 30.1 Å². The Morgan fingerprint density at radius 3 is 1.56 bits per heavy atom. The maximum absolute atomic E-state index is 12.7. The second-order valence-corrected chi connectivity index (χ2v) is 8.06. The first-order chi connectivity index (χ1) is 16.6. The van der Waals surface area contributed by atoms with Gasteiger partial charge in [0.05, 0.1) is 25.4 Å². The zero-order valence-corrected chi connectivity index (χ0v) is 18.8. The van der Waals surface area contributed by atoms with Crippen LogP contribution < -0.4 is 10.6 Å². The number of H-pyrrole nitrogens is 2. The van der Waals surface area contributed by atoms with Crippen molar-refractivity contribution in [3.8, 4) is 0 Å². The summed E-state index contributed by atoms with van der Waals surface area (Å²) in [6, 6.07) is 15.7. The number of carbonyl (C=O) groups is 2. The molecule has 172 valence electrons. The summed E-state index contributed by atoms with van der Waals surface area (Å²) in [5, 5.41) is 8.74. The van der Waals surface area contributed by atoms with E-state index in [0.717, 1.165) is 33.2 Å². The largest absolute Gasteiger partial charge is 0.466 e. The van der Waals surface area contributed by atoms with Crippen molar-refractivity contribution in [2.45, 2.75) is 12.8 Å². The van der Waals surface area contributed by atoms with Crippen LogP contribution in [0.3, 0.4) is 0 Å². The number of fused-ring (bicyclic) bond motifs is 2. The lowest BCUT2D eigenvalue weighted by molar-refractivity contribution is -0.137. The van der Waals surface area contributed by atoms with Crippen LogP contribution in [-0.2, 0) is 19.1 Å². The van der Waals surface area contributed by atoms with Gasteiger partial charge in [-0.3, -0.25) is 0 Å². The van der Waals surface area contributed by atoms with Gasteiger partial charge in [0.2, 0.25) is 0 Å². The molecule has 34 heavy (non-hydrogen) atoms. The van der Waals surface area contributed by atoms with Crippen molar-refractivity contribution in [1.29, 1.82) is 0 Å². The Morgan fingerprint density at radius 2 is 1.15 bits per heavy atom. The Labute approximate surface area is 195 Å². The van der Waals surface area contributed by atoms with Crippen molar-refractivity contribution in [3.63, 3.8) is 0 Å². The number of aromatic nitrogens is 2. The molecule has 8 nitrogen and oxygen atoms in total. The van der Waals surface area contributed by atoms with E-state index < -0.39 is 11.9 Å². The minimum Gasteiger partial charge on any atom is -0.466 e. The van der Waals surface area contributed by atoms with E-state index in [-0.39, 0.29) is 12.8 Å². The molecule has 0 fully saturated rings. The number of hydrogen-bond acceptors (Lipinski definition) is 6. The van der Waals surface area contributed by atoms with E-state index in [0.29, 0.717) is 22.5 Å². The quantitative estimate of drug-likeness (QED) is 0.310. The minimum atomic E-state index is -0.450. The fraction of sp³-hybridized carbons (Fsp3) is 0.154. The summed E-state index contributed by atoms with van der Waals surface area (Å²) in [5.41, 5.74) is 5.76. The van der Waals surface area contributed by atoms with Crippen LogP contribution in [0.4, 0.5) is 11.4 Å². The third kappa shape index (κ3) is 4.01. The molecule has 5 rings (SSSR count). The molecule has 1 aliphatic rings. The SMILES string of the molecule is COC(=O)C1=C(Nc2ccc3[nH]ccc3c2)CC(C(=O)OC)=C(Nc2ccc3[nH]ccc3c2)C1. The Bertz CT molecular complexity index is 1360. The molecule has 0 saturated carbocycles. The van der Waals surface area contributed by atoms with Gasteiger partial charge in [-0.15, -0.1) is 0 Å². The number of nitrogens with one attached hydrogen (secondary N) is 4. The van der Waals surface area contributed by atoms with Crippen molar-refractivity contribution in [1.82, 2.24) is 9.97 Å². The molecule has 8 heteroatoms. The molecule has 2 aromatic heterocycles. The maximum atomic E-state index is 12.7. The van der Waals surface area contributed by atoms with E-state index in [1.54, 1.807) is 0 Å². The molecular formula is C26H24N4O4. The second-order valence-electron chi connectivity index (χ2n) is 8.06. The van der Waals surface area contributed by atoms with Gasteiger partial charge in [-0.2, -0.15) is 0 Å². The van der Waals surface area contributed by atoms with Gasteiger partial charge in [0.25, 0.3) is 0 Å². The van der Waals surface area contributed by atoms with Gasteiger partial charge in [-0.25, -0.2) is 9.59 Å². The molecule has 0 saturated heterocycles. The van der Waals surface area contributed by atoms with Gasteiger partial charge in [0, 0.05) is 69.8 Å². The number of hydrogen-bond donors (Lipinski definition) is 4. The van der Waals surface area contributed by atoms with Crippen LogP contribution in [-0.4, -0.2) is 36.1 Å². The highest BCUT2D eigenvalue weighted by molar-refractivity contribution is 5.97. The lowest BCUT2D eigenvalue weighted by atomic mass is 9.92. The summed E-state index contributed by atoms with van der Waals surface area (Å²) in [7, 11) is 2.70. The zero-order valence-electron chi connectivity index (χ0n) is 18.8. The van der Waals surface area contributed by atoms with Crippen LogP contribution in [0.25, 0.3) is 21.8 Å². The fourth-order valence-corrected chi connectivity index (χ4v) is 4.27. The molecule has 0 atom stereocenters. The first-order valence-corrected chi connectivity index (χ1v) is 10.8. The smallest absolute Gasteiger partial charge is 0.335 e. The number of ether oxygens (including phenoxy) is 2. The molecule has 0 spiro atoms. The highest BCUT2D eigenvalue weighted by Crippen LogP contribution is 2.34. The van der Waals surface area contributed by atoms with Crippen LogP contribution in [0, 0.1) is 0 Å². The summed E-state index contributed by atoms with van der Waals surface area (Å²) in [5.74, 6) is -0.899. The third-order valence-corrected chi connectivity index (χ3v) is 6.00. The van der Waals surface area contributed by atoms with E-state index >= 15 is 0 Å². The molecule has 0 radical (unpaired) electrons. The number of benzene rings is 2. The normalized spacial score (nSPS) is 13.9. The first-order valence-electron chi connectivity index (χ1n) is 10.8. The number of methoxy groups -OCH3 is 2. The van der Waals surface area contributed by atoms with Gasteiger partial charge in [-0.05, 0) is 48.5 Å². The highest BCUT2D eigenvalue weighted by Gasteiger charge is 2.30. The van der Waals surface area contributed by atoms with E-state index in [1.165, 1.54) is 14.2 Å². The van der Waals surface area contributed by atoms with Crippen LogP contribution in [0.1, 0.15) is 12.8 Å². The van der Waals surface area contributed by atoms with Gasteiger partial charge in [-0.1, -0.05) is 0 Å². The molecule has 0 bridgehead atoms.